The van der Waals surface area contributed by atoms with Crippen LogP contribution in [-0.2, 0) is 15.7 Å². The van der Waals surface area contributed by atoms with Crippen molar-refractivity contribution in [2.75, 3.05) is 19.5 Å². The summed E-state index contributed by atoms with van der Waals surface area (Å²) in [6, 6.07) is 3.41. The van der Waals surface area contributed by atoms with Gasteiger partial charge in [-0.1, -0.05) is 0 Å². The van der Waals surface area contributed by atoms with Crippen molar-refractivity contribution in [3.05, 3.63) is 23.8 Å². The molecule has 0 radical (unpaired) electrons. The van der Waals surface area contributed by atoms with Crippen molar-refractivity contribution in [3.8, 4) is 5.75 Å². The standard InChI is InChI=1S/C15H18F3NO3/c1-14(22-3,9-4-5-9)13(20)19-10-6-7-12(21-2)11(8-10)15(16,17)18/h6-9H,4-5H2,1-3H3,(H,19,20)/t14-/m0/s1. The molecule has 7 heteroatoms. The number of halogens is 3. The lowest BCUT2D eigenvalue weighted by Gasteiger charge is -2.27. The summed E-state index contributed by atoms with van der Waals surface area (Å²) in [7, 11) is 2.59. The molecule has 0 bridgehead atoms. The van der Waals surface area contributed by atoms with Gasteiger partial charge in [0.1, 0.15) is 11.4 Å². The maximum Gasteiger partial charge on any atom is 0.420 e. The first-order valence-electron chi connectivity index (χ1n) is 6.84. The van der Waals surface area contributed by atoms with E-state index in [1.807, 2.05) is 0 Å². The van der Waals surface area contributed by atoms with Crippen LogP contribution in [0.5, 0.6) is 5.75 Å². The van der Waals surface area contributed by atoms with Crippen LogP contribution in [0.3, 0.4) is 0 Å². The van der Waals surface area contributed by atoms with E-state index in [2.05, 4.69) is 5.32 Å². The van der Waals surface area contributed by atoms with E-state index in [0.29, 0.717) is 0 Å². The maximum absolute atomic E-state index is 13.0. The Morgan fingerprint density at radius 3 is 2.36 bits per heavy atom. The molecule has 0 unspecified atom stereocenters. The predicted molar refractivity (Wildman–Crippen MR) is 74.8 cm³/mol. The molecular formula is C15H18F3NO3. The van der Waals surface area contributed by atoms with E-state index in [1.54, 1.807) is 6.92 Å². The topological polar surface area (TPSA) is 47.6 Å². The summed E-state index contributed by atoms with van der Waals surface area (Å²) in [5.74, 6) is -0.643. The van der Waals surface area contributed by atoms with E-state index >= 15 is 0 Å². The number of carbonyl (C=O) groups excluding carboxylic acids is 1. The lowest BCUT2D eigenvalue weighted by molar-refractivity contribution is -0.139. The minimum absolute atomic E-state index is 0.0575. The predicted octanol–water partition coefficient (Wildman–Crippen LogP) is 3.47. The summed E-state index contributed by atoms with van der Waals surface area (Å²) >= 11 is 0. The van der Waals surface area contributed by atoms with Crippen molar-refractivity contribution in [1.29, 1.82) is 0 Å². The number of hydrogen-bond donors (Lipinski definition) is 1. The molecule has 0 spiro atoms. The fourth-order valence-electron chi connectivity index (χ4n) is 2.34. The summed E-state index contributed by atoms with van der Waals surface area (Å²) in [4.78, 5) is 12.3. The first-order chi connectivity index (χ1) is 10.2. The summed E-state index contributed by atoms with van der Waals surface area (Å²) < 4.78 is 48.9. The highest BCUT2D eigenvalue weighted by atomic mass is 19.4. The van der Waals surface area contributed by atoms with Crippen LogP contribution in [0, 0.1) is 5.92 Å². The van der Waals surface area contributed by atoms with Gasteiger partial charge in [-0.25, -0.2) is 0 Å². The molecule has 1 aliphatic carbocycles. The summed E-state index contributed by atoms with van der Waals surface area (Å²) in [6.45, 7) is 1.65. The van der Waals surface area contributed by atoms with Gasteiger partial charge in [-0.3, -0.25) is 4.79 Å². The molecule has 2 rings (SSSR count). The van der Waals surface area contributed by atoms with Crippen LogP contribution in [0.1, 0.15) is 25.3 Å². The molecule has 1 aromatic rings. The number of amides is 1. The van der Waals surface area contributed by atoms with Gasteiger partial charge in [-0.2, -0.15) is 13.2 Å². The molecular weight excluding hydrogens is 299 g/mol. The molecule has 1 atom stereocenters. The van der Waals surface area contributed by atoms with Crippen LogP contribution >= 0.6 is 0 Å². The SMILES string of the molecule is COc1ccc(NC(=O)[C@@](C)(OC)C2CC2)cc1C(F)(F)F. The fourth-order valence-corrected chi connectivity index (χ4v) is 2.34. The lowest BCUT2D eigenvalue weighted by atomic mass is 9.99. The van der Waals surface area contributed by atoms with E-state index in [4.69, 9.17) is 9.47 Å². The molecule has 0 saturated heterocycles. The van der Waals surface area contributed by atoms with Gasteiger partial charge in [-0.15, -0.1) is 0 Å². The van der Waals surface area contributed by atoms with Crippen molar-refractivity contribution >= 4 is 11.6 Å². The molecule has 1 aliphatic rings. The Kier molecular flexibility index (Phi) is 4.37. The van der Waals surface area contributed by atoms with Gasteiger partial charge in [0.25, 0.3) is 5.91 Å². The number of alkyl halides is 3. The van der Waals surface area contributed by atoms with Gasteiger partial charge < -0.3 is 14.8 Å². The summed E-state index contributed by atoms with van der Waals surface area (Å²) in [6.07, 6.45) is -2.82. The van der Waals surface area contributed by atoms with Gasteiger partial charge >= 0.3 is 6.18 Å². The number of anilines is 1. The number of carbonyl (C=O) groups is 1. The highest BCUT2D eigenvalue weighted by Crippen LogP contribution is 2.42. The van der Waals surface area contributed by atoms with E-state index in [0.717, 1.165) is 26.0 Å². The highest BCUT2D eigenvalue weighted by molar-refractivity contribution is 5.97. The monoisotopic (exact) mass is 317 g/mol. The molecule has 0 aromatic heterocycles. The number of rotatable bonds is 5. The number of hydrogen-bond acceptors (Lipinski definition) is 3. The van der Waals surface area contributed by atoms with E-state index < -0.39 is 23.2 Å². The zero-order chi connectivity index (χ0) is 16.5. The summed E-state index contributed by atoms with van der Waals surface area (Å²) in [5.41, 5.74) is -1.90. The van der Waals surface area contributed by atoms with Crippen LogP contribution < -0.4 is 10.1 Å². The third-order valence-electron chi connectivity index (χ3n) is 3.99. The third-order valence-corrected chi connectivity index (χ3v) is 3.99. The minimum Gasteiger partial charge on any atom is -0.496 e. The quantitative estimate of drug-likeness (QED) is 0.904. The van der Waals surface area contributed by atoms with E-state index in [-0.39, 0.29) is 17.4 Å². The highest BCUT2D eigenvalue weighted by Gasteiger charge is 2.47. The molecule has 1 N–H and O–H groups in total. The molecule has 1 aromatic carbocycles. The first kappa shape index (κ1) is 16.6. The molecule has 0 aliphatic heterocycles. The normalized spacial score (nSPS) is 17.7. The molecule has 4 nitrogen and oxygen atoms in total. The number of ether oxygens (including phenoxy) is 2. The van der Waals surface area contributed by atoms with Crippen molar-refractivity contribution in [2.45, 2.75) is 31.5 Å². The Morgan fingerprint density at radius 1 is 1.27 bits per heavy atom. The molecule has 1 saturated carbocycles. The van der Waals surface area contributed by atoms with E-state index in [9.17, 15) is 18.0 Å². The largest absolute Gasteiger partial charge is 0.496 e. The molecule has 1 amide bonds. The Hall–Kier alpha value is -1.76. The Labute approximate surface area is 126 Å². The second-order valence-corrected chi connectivity index (χ2v) is 5.45. The smallest absolute Gasteiger partial charge is 0.420 e. The van der Waals surface area contributed by atoms with Crippen LogP contribution in [0.4, 0.5) is 18.9 Å². The van der Waals surface area contributed by atoms with Crippen molar-refractivity contribution < 1.29 is 27.4 Å². The van der Waals surface area contributed by atoms with Crippen molar-refractivity contribution in [2.24, 2.45) is 5.92 Å². The van der Waals surface area contributed by atoms with Gasteiger partial charge in [0.2, 0.25) is 0 Å². The second-order valence-electron chi connectivity index (χ2n) is 5.45. The maximum atomic E-state index is 13.0. The lowest BCUT2D eigenvalue weighted by Crippen LogP contribution is -2.44. The van der Waals surface area contributed by atoms with Crippen LogP contribution in [0.2, 0.25) is 0 Å². The number of nitrogens with one attached hydrogen (secondary N) is 1. The molecule has 122 valence electrons. The average Bonchev–Trinajstić information content (AvgIpc) is 3.30. The number of methoxy groups -OCH3 is 2. The van der Waals surface area contributed by atoms with Gasteiger partial charge in [-0.05, 0) is 43.9 Å². The fraction of sp³-hybridized carbons (Fsp3) is 0.533. The van der Waals surface area contributed by atoms with Crippen LogP contribution in [0.15, 0.2) is 18.2 Å². The Balaban J connectivity index is 2.25. The minimum atomic E-state index is -4.56. The van der Waals surface area contributed by atoms with Gasteiger partial charge in [0, 0.05) is 12.8 Å². The first-order valence-corrected chi connectivity index (χ1v) is 6.84. The zero-order valence-electron chi connectivity index (χ0n) is 12.6. The zero-order valence-corrected chi connectivity index (χ0v) is 12.6. The van der Waals surface area contributed by atoms with Gasteiger partial charge in [0.05, 0.1) is 12.7 Å². The summed E-state index contributed by atoms with van der Waals surface area (Å²) in [5, 5.41) is 2.50. The van der Waals surface area contributed by atoms with Crippen LogP contribution in [0.25, 0.3) is 0 Å². The number of benzene rings is 1. The second kappa shape index (κ2) is 5.79. The van der Waals surface area contributed by atoms with E-state index in [1.165, 1.54) is 19.2 Å². The molecule has 0 heterocycles. The molecule has 1 fully saturated rings. The van der Waals surface area contributed by atoms with Crippen molar-refractivity contribution in [3.63, 3.8) is 0 Å². The van der Waals surface area contributed by atoms with Crippen molar-refractivity contribution in [1.82, 2.24) is 0 Å². The third kappa shape index (κ3) is 3.19. The van der Waals surface area contributed by atoms with Crippen LogP contribution in [-0.4, -0.2) is 25.7 Å². The average molecular weight is 317 g/mol. The Bertz CT molecular complexity index is 570. The Morgan fingerprint density at radius 2 is 1.91 bits per heavy atom. The molecule has 22 heavy (non-hydrogen) atoms. The van der Waals surface area contributed by atoms with Gasteiger partial charge in [0.15, 0.2) is 0 Å².